The van der Waals surface area contributed by atoms with Crippen molar-refractivity contribution in [2.75, 3.05) is 0 Å². The highest BCUT2D eigenvalue weighted by molar-refractivity contribution is 5.79. The number of ether oxygens (including phenoxy) is 2. The molecule has 0 fully saturated rings. The minimum atomic E-state index is -1.67. The van der Waals surface area contributed by atoms with Crippen molar-refractivity contribution < 1.29 is 39.2 Å². The number of aromatic hydroxyl groups is 2. The number of benzene rings is 1. The van der Waals surface area contributed by atoms with Crippen LogP contribution in [-0.2, 0) is 25.5 Å². The van der Waals surface area contributed by atoms with Gasteiger partial charge in [0.25, 0.3) is 0 Å². The summed E-state index contributed by atoms with van der Waals surface area (Å²) in [4.78, 5) is 36.0. The lowest BCUT2D eigenvalue weighted by atomic mass is 9.93. The lowest BCUT2D eigenvalue weighted by molar-refractivity contribution is -0.165. The zero-order chi connectivity index (χ0) is 31.9. The summed E-state index contributed by atoms with van der Waals surface area (Å²) in [6, 6.07) is 3.90. The van der Waals surface area contributed by atoms with Crippen LogP contribution >= 0.6 is 0 Å². The number of carboxylic acid groups (broad SMARTS) is 1. The second-order valence-electron chi connectivity index (χ2n) is 9.95. The molecule has 1 aromatic rings. The Bertz CT molecular complexity index is 1160. The van der Waals surface area contributed by atoms with Gasteiger partial charge >= 0.3 is 18.0 Å². The Kier molecular flexibility index (Phi) is 18.3. The summed E-state index contributed by atoms with van der Waals surface area (Å²) in [5, 5.41) is 28.7. The fourth-order valence-electron chi connectivity index (χ4n) is 3.63. The second-order valence-corrected chi connectivity index (χ2v) is 9.95. The lowest BCUT2D eigenvalue weighted by Gasteiger charge is -2.27. The largest absolute Gasteiger partial charge is 0.504 e. The first-order valence-corrected chi connectivity index (χ1v) is 14.5. The molecule has 0 aliphatic heterocycles. The molecule has 10 nitrogen and oxygen atoms in total. The van der Waals surface area contributed by atoms with Crippen molar-refractivity contribution in [1.29, 1.82) is 0 Å². The van der Waals surface area contributed by atoms with Crippen LogP contribution < -0.4 is 10.9 Å². The summed E-state index contributed by atoms with van der Waals surface area (Å²) >= 11 is 0. The Hall–Kier alpha value is -4.31. The molecule has 0 saturated carbocycles. The number of unbranched alkanes of at least 4 members (excludes halogenated alkanes) is 1. The molecular weight excluding hydrogens is 552 g/mol. The highest BCUT2D eigenvalue weighted by atomic mass is 16.7. The highest BCUT2D eigenvalue weighted by Gasteiger charge is 2.34. The molecule has 0 heterocycles. The minimum absolute atomic E-state index is 0.140. The predicted octanol–water partition coefficient (Wildman–Crippen LogP) is 6.53. The number of aliphatic carboxylic acids is 1. The van der Waals surface area contributed by atoms with E-state index in [1.54, 1.807) is 0 Å². The number of hydrazine groups is 1. The van der Waals surface area contributed by atoms with Crippen LogP contribution in [0.1, 0.15) is 77.7 Å². The number of hydrogen-bond acceptors (Lipinski definition) is 8. The zero-order valence-corrected chi connectivity index (χ0v) is 25.3. The van der Waals surface area contributed by atoms with Gasteiger partial charge in [-0.15, -0.1) is 0 Å². The number of amides is 1. The zero-order valence-electron chi connectivity index (χ0n) is 25.3. The van der Waals surface area contributed by atoms with Gasteiger partial charge in [0.1, 0.15) is 5.54 Å². The molecule has 0 aliphatic rings. The molecule has 1 rings (SSSR count). The van der Waals surface area contributed by atoms with Crippen LogP contribution in [0.25, 0.3) is 0 Å². The molecule has 0 aliphatic carbocycles. The maximum atomic E-state index is 12.1. The van der Waals surface area contributed by atoms with E-state index in [0.29, 0.717) is 18.4 Å². The van der Waals surface area contributed by atoms with Crippen molar-refractivity contribution in [2.24, 2.45) is 0 Å². The van der Waals surface area contributed by atoms with Crippen LogP contribution in [0.2, 0.25) is 0 Å². The van der Waals surface area contributed by atoms with Gasteiger partial charge in [0.2, 0.25) is 6.29 Å². The van der Waals surface area contributed by atoms with Crippen molar-refractivity contribution in [3.8, 4) is 11.5 Å². The molecule has 1 aromatic carbocycles. The van der Waals surface area contributed by atoms with Crippen LogP contribution in [0, 0.1) is 0 Å². The van der Waals surface area contributed by atoms with Gasteiger partial charge in [-0.1, -0.05) is 73.8 Å². The normalized spacial score (nSPS) is 14.1. The van der Waals surface area contributed by atoms with Crippen molar-refractivity contribution >= 4 is 18.0 Å². The maximum absolute atomic E-state index is 12.1. The van der Waals surface area contributed by atoms with E-state index >= 15 is 0 Å². The number of phenolic OH excluding ortho intramolecular Hbond substituents is 2. The number of allylic oxidation sites excluding steroid dienone is 10. The smallest absolute Gasteiger partial charge is 0.424 e. The van der Waals surface area contributed by atoms with E-state index in [4.69, 9.17) is 9.47 Å². The average Bonchev–Trinajstić information content (AvgIpc) is 2.95. The summed E-state index contributed by atoms with van der Waals surface area (Å²) in [6.07, 6.45) is 25.0. The fraction of sp³-hybridized carbons (Fsp3) is 0.424. The molecule has 0 spiro atoms. The topological polar surface area (TPSA) is 154 Å². The summed E-state index contributed by atoms with van der Waals surface area (Å²) in [5.74, 6) is -2.55. The van der Waals surface area contributed by atoms with Gasteiger partial charge in [-0.05, 0) is 69.6 Å². The number of nitrogens with one attached hydrogen (secondary N) is 2. The quantitative estimate of drug-likeness (QED) is 0.0281. The number of phenols is 2. The number of carbonyl (C=O) groups excluding carboxylic acids is 2. The standard InChI is InChI=1S/C33H46N2O8/c1-4-5-6-7-8-9-10-11-12-13-14-15-16-17-18-19-20-21-30(38)42-26(2)43-32(41)34-35-33(3,31(39)40)25-27-22-23-28(36)29(37)24-27/h5-6,8-9,11-12,14-15,17-18,22-24,26,35-37H,4,7,10,13,16,19-21,25H2,1-3H3,(H,34,41)(H,39,40)/b6-5-,9-8-,12-11-,15-14-,18-17-/t26?,33-/m0/s1. The lowest BCUT2D eigenvalue weighted by Crippen LogP contribution is -2.58. The van der Waals surface area contributed by atoms with Gasteiger partial charge in [-0.25, -0.2) is 10.2 Å². The Balaban J connectivity index is 2.23. The van der Waals surface area contributed by atoms with Crippen LogP contribution in [0.5, 0.6) is 11.5 Å². The molecule has 5 N–H and O–H groups in total. The second kappa shape index (κ2) is 21.4. The van der Waals surface area contributed by atoms with E-state index < -0.39 is 35.6 Å². The molecule has 43 heavy (non-hydrogen) atoms. The molecule has 1 unspecified atom stereocenters. The molecule has 1 amide bonds. The summed E-state index contributed by atoms with van der Waals surface area (Å²) < 4.78 is 10.0. The van der Waals surface area contributed by atoms with Crippen molar-refractivity contribution in [1.82, 2.24) is 10.9 Å². The van der Waals surface area contributed by atoms with Crippen molar-refractivity contribution in [3.63, 3.8) is 0 Å². The first-order chi connectivity index (χ1) is 20.6. The first kappa shape index (κ1) is 36.7. The van der Waals surface area contributed by atoms with Crippen LogP contribution in [0.15, 0.2) is 79.0 Å². The van der Waals surface area contributed by atoms with Gasteiger partial charge in [0, 0.05) is 19.8 Å². The van der Waals surface area contributed by atoms with E-state index in [1.165, 1.54) is 32.0 Å². The van der Waals surface area contributed by atoms with Gasteiger partial charge < -0.3 is 24.8 Å². The molecule has 0 radical (unpaired) electrons. The maximum Gasteiger partial charge on any atom is 0.424 e. The molecule has 0 aromatic heterocycles. The molecule has 10 heteroatoms. The van der Waals surface area contributed by atoms with Gasteiger partial charge in [0.15, 0.2) is 11.5 Å². The molecule has 0 bridgehead atoms. The highest BCUT2D eigenvalue weighted by Crippen LogP contribution is 2.26. The summed E-state index contributed by atoms with van der Waals surface area (Å²) in [6.45, 7) is 4.82. The number of esters is 1. The number of rotatable bonds is 20. The number of carbonyl (C=O) groups is 3. The summed E-state index contributed by atoms with van der Waals surface area (Å²) in [7, 11) is 0. The Morgan fingerprint density at radius 3 is 1.95 bits per heavy atom. The fourth-order valence-corrected chi connectivity index (χ4v) is 3.63. The monoisotopic (exact) mass is 598 g/mol. The van der Waals surface area contributed by atoms with Crippen molar-refractivity contribution in [2.45, 2.75) is 90.4 Å². The SMILES string of the molecule is CC/C=C\C/C=C\C/C=C\C/C=C\C/C=C\CCCC(=O)OC(C)OC(=O)NN[C@@](C)(Cc1ccc(O)c(O)c1)C(=O)O. The third-order valence-corrected chi connectivity index (χ3v) is 5.99. The minimum Gasteiger partial charge on any atom is -0.504 e. The van der Waals surface area contributed by atoms with E-state index in [-0.39, 0.29) is 18.6 Å². The van der Waals surface area contributed by atoms with Crippen LogP contribution in [-0.4, -0.2) is 45.2 Å². The van der Waals surface area contributed by atoms with Gasteiger partial charge in [-0.3, -0.25) is 15.0 Å². The van der Waals surface area contributed by atoms with E-state index in [1.807, 2.05) is 12.2 Å². The van der Waals surface area contributed by atoms with Gasteiger partial charge in [-0.2, -0.15) is 0 Å². The number of hydrogen-bond donors (Lipinski definition) is 5. The number of carboxylic acids is 1. The Morgan fingerprint density at radius 2 is 1.42 bits per heavy atom. The van der Waals surface area contributed by atoms with E-state index in [0.717, 1.165) is 32.1 Å². The molecule has 2 atom stereocenters. The Morgan fingerprint density at radius 1 is 0.860 bits per heavy atom. The molecular formula is C33H46N2O8. The Labute approximate surface area is 254 Å². The third kappa shape index (κ3) is 17.3. The predicted molar refractivity (Wildman–Crippen MR) is 166 cm³/mol. The average molecular weight is 599 g/mol. The summed E-state index contributed by atoms with van der Waals surface area (Å²) in [5.41, 5.74) is 3.26. The third-order valence-electron chi connectivity index (χ3n) is 5.99. The molecule has 0 saturated heterocycles. The van der Waals surface area contributed by atoms with Gasteiger partial charge in [0.05, 0.1) is 0 Å². The first-order valence-electron chi connectivity index (χ1n) is 14.5. The van der Waals surface area contributed by atoms with Crippen molar-refractivity contribution in [3.05, 3.63) is 84.5 Å². The van der Waals surface area contributed by atoms with E-state index in [9.17, 15) is 29.7 Å². The van der Waals surface area contributed by atoms with E-state index in [2.05, 4.69) is 66.4 Å². The molecule has 236 valence electrons. The van der Waals surface area contributed by atoms with Crippen LogP contribution in [0.3, 0.4) is 0 Å². The van der Waals surface area contributed by atoms with Crippen LogP contribution in [0.4, 0.5) is 4.79 Å².